The number of anilines is 2. The molecule has 1 unspecified atom stereocenters. The molecule has 2 aromatic rings. The Kier molecular flexibility index (Phi) is 9.40. The number of carbonyl (C=O) groups excluding carboxylic acids is 1. The Morgan fingerprint density at radius 2 is 2.02 bits per heavy atom. The van der Waals surface area contributed by atoms with Crippen molar-refractivity contribution in [3.8, 4) is 6.01 Å². The fourth-order valence-corrected chi connectivity index (χ4v) is 8.34. The molecule has 0 bridgehead atoms. The molecule has 15 heteroatoms. The molecule has 1 saturated carbocycles. The number of hydrogen-bond donors (Lipinski definition) is 2. The first-order valence-electron chi connectivity index (χ1n) is 16.9. The van der Waals surface area contributed by atoms with Gasteiger partial charge in [-0.1, -0.05) is 23.2 Å². The number of hydrogen-bond acceptors (Lipinski definition) is 10. The first-order chi connectivity index (χ1) is 23.5. The van der Waals surface area contributed by atoms with Gasteiger partial charge in [0, 0.05) is 62.7 Å². The van der Waals surface area contributed by atoms with Crippen LogP contribution in [0.2, 0.25) is 5.02 Å². The number of nitrogen functional groups attached to an aromatic ring is 1. The summed E-state index contributed by atoms with van der Waals surface area (Å²) < 4.78 is 43.1. The lowest BCUT2D eigenvalue weighted by atomic mass is 9.92. The third-order valence-corrected chi connectivity index (χ3v) is 11.1. The van der Waals surface area contributed by atoms with Crippen LogP contribution < -0.4 is 21.1 Å². The van der Waals surface area contributed by atoms with Crippen LogP contribution in [0.3, 0.4) is 0 Å². The highest BCUT2D eigenvalue weighted by atomic mass is 35.5. The molecule has 5 heterocycles. The van der Waals surface area contributed by atoms with Crippen molar-refractivity contribution >= 4 is 46.3 Å². The number of ether oxygens (including phenoxy) is 2. The number of aliphatic imine (C=N–C) groups is 1. The lowest BCUT2D eigenvalue weighted by Crippen LogP contribution is -2.43. The number of likely N-dealkylation sites (N-methyl/N-ethyl adjacent to an activating group) is 1. The Bertz CT molecular complexity index is 1720. The Morgan fingerprint density at radius 1 is 1.22 bits per heavy atom. The van der Waals surface area contributed by atoms with E-state index in [0.717, 1.165) is 43.4 Å². The van der Waals surface area contributed by atoms with Gasteiger partial charge in [-0.25, -0.2) is 8.78 Å². The highest BCUT2D eigenvalue weighted by molar-refractivity contribution is 6.45. The molecule has 5 aliphatic rings. The smallest absolute Gasteiger partial charge is 0.318 e. The van der Waals surface area contributed by atoms with Gasteiger partial charge in [0.25, 0.3) is 5.91 Å². The topological polar surface area (TPSA) is 135 Å². The predicted octanol–water partition coefficient (Wildman–Crippen LogP) is 4.65. The molecule has 11 nitrogen and oxygen atoms in total. The number of benzene rings is 1. The molecule has 0 spiro atoms. The number of carbonyl (C=O) groups is 1. The molecule has 4 aliphatic heterocycles. The fraction of sp³-hybridized carbons (Fsp3) is 0.588. The fourth-order valence-electron chi connectivity index (χ4n) is 7.77. The summed E-state index contributed by atoms with van der Waals surface area (Å²) in [6, 6.07) is 1.63. The molecule has 4 N–H and O–H groups in total. The average Bonchev–Trinajstić information content (AvgIpc) is 3.82. The predicted molar refractivity (Wildman–Crippen MR) is 185 cm³/mol. The van der Waals surface area contributed by atoms with Gasteiger partial charge in [-0.2, -0.15) is 9.97 Å². The van der Waals surface area contributed by atoms with Crippen molar-refractivity contribution in [2.24, 2.45) is 10.7 Å². The lowest BCUT2D eigenvalue weighted by molar-refractivity contribution is -0.124. The number of alkyl halides is 1. The second-order valence-electron chi connectivity index (χ2n) is 14.0. The third kappa shape index (κ3) is 6.55. The molecule has 1 amide bonds. The normalized spacial score (nSPS) is 26.1. The maximum Gasteiger partial charge on any atom is 0.318 e. The van der Waals surface area contributed by atoms with Gasteiger partial charge in [-0.05, 0) is 56.2 Å². The minimum Gasteiger partial charge on any atom is -0.461 e. The van der Waals surface area contributed by atoms with Crippen molar-refractivity contribution in [2.75, 3.05) is 64.1 Å². The van der Waals surface area contributed by atoms with Gasteiger partial charge in [0.15, 0.2) is 5.82 Å². The van der Waals surface area contributed by atoms with E-state index in [4.69, 9.17) is 54.1 Å². The van der Waals surface area contributed by atoms with Crippen molar-refractivity contribution in [1.82, 2.24) is 19.8 Å². The molecule has 3 fully saturated rings. The van der Waals surface area contributed by atoms with Crippen LogP contribution in [-0.2, 0) is 22.6 Å². The second-order valence-corrected chi connectivity index (χ2v) is 14.8. The van der Waals surface area contributed by atoms with Crippen LogP contribution in [0.1, 0.15) is 72.9 Å². The summed E-state index contributed by atoms with van der Waals surface area (Å²) in [7, 11) is 3.20. The molecule has 1 aromatic heterocycles. The molecule has 1 aliphatic carbocycles. The summed E-state index contributed by atoms with van der Waals surface area (Å²) in [5.41, 5.74) is 14.7. The monoisotopic (exact) mass is 718 g/mol. The Hall–Kier alpha value is -3.26. The van der Waals surface area contributed by atoms with Crippen LogP contribution in [0.25, 0.3) is 0 Å². The standard InChI is InChI=1S/C34H42Cl2F2N8O3/c1-44(2)32(47)30(40)28(36)24-15-45(9-4-8-41-24)31-20-16-48-25(27-26(18-5-6-18)21(35)11-22(39)29(27)38)12-23(20)42-33(43-31)49-17-34-7-3-10-46(34)14-19(37)13-34/h11,18-19,25H,3-10,12-17,39-40H2,1-2H3/b30-28+/t19-,25?,34+/m1/s1. The lowest BCUT2D eigenvalue weighted by Gasteiger charge is -2.33. The van der Waals surface area contributed by atoms with E-state index < -0.39 is 29.5 Å². The number of nitrogens with zero attached hydrogens (tertiary/aromatic N) is 6. The van der Waals surface area contributed by atoms with E-state index in [-0.39, 0.29) is 54.5 Å². The van der Waals surface area contributed by atoms with Crippen LogP contribution in [0.15, 0.2) is 21.8 Å². The highest BCUT2D eigenvalue weighted by Gasteiger charge is 2.49. The molecule has 3 atom stereocenters. The number of halogens is 4. The number of amides is 1. The van der Waals surface area contributed by atoms with Crippen LogP contribution in [0, 0.1) is 5.82 Å². The Balaban J connectivity index is 1.25. The molecular formula is C34H42Cl2F2N8O3. The van der Waals surface area contributed by atoms with E-state index in [1.165, 1.54) is 11.0 Å². The summed E-state index contributed by atoms with van der Waals surface area (Å²) in [5, 5.41) is 0.528. The molecular weight excluding hydrogens is 677 g/mol. The summed E-state index contributed by atoms with van der Waals surface area (Å²) in [5.74, 6) is -0.215. The summed E-state index contributed by atoms with van der Waals surface area (Å²) in [4.78, 5) is 32.6. The average molecular weight is 720 g/mol. The first-order valence-corrected chi connectivity index (χ1v) is 17.7. The third-order valence-electron chi connectivity index (χ3n) is 10.4. The van der Waals surface area contributed by atoms with Gasteiger partial charge in [-0.15, -0.1) is 0 Å². The zero-order chi connectivity index (χ0) is 34.6. The van der Waals surface area contributed by atoms with Crippen LogP contribution in [0.5, 0.6) is 6.01 Å². The van der Waals surface area contributed by atoms with Crippen molar-refractivity contribution in [2.45, 2.75) is 75.3 Å². The first kappa shape index (κ1) is 34.2. The van der Waals surface area contributed by atoms with E-state index in [9.17, 15) is 9.18 Å². The molecule has 7 rings (SSSR count). The van der Waals surface area contributed by atoms with Crippen LogP contribution in [-0.4, -0.2) is 96.5 Å². The minimum absolute atomic E-state index is 0.0253. The zero-order valence-electron chi connectivity index (χ0n) is 27.8. The summed E-state index contributed by atoms with van der Waals surface area (Å²) in [6.45, 7) is 2.85. The van der Waals surface area contributed by atoms with Crippen LogP contribution in [0.4, 0.5) is 20.3 Å². The summed E-state index contributed by atoms with van der Waals surface area (Å²) >= 11 is 13.3. The number of nitrogens with two attached hydrogens (primary N) is 2. The van der Waals surface area contributed by atoms with Crippen LogP contribution >= 0.6 is 23.2 Å². The quantitative estimate of drug-likeness (QED) is 0.296. The SMILES string of the molecule is CN(C)C(=O)/C(N)=C(\Cl)C1=NCCCN(c2nc(OC[C@@]34CCCN3C[C@H](F)C4)nc3c2COC(c2c(F)c(N)cc(Cl)c2C2CC2)C3)C1. The van der Waals surface area contributed by atoms with E-state index >= 15 is 4.39 Å². The van der Waals surface area contributed by atoms with Gasteiger partial charge in [-0.3, -0.25) is 14.7 Å². The molecule has 49 heavy (non-hydrogen) atoms. The van der Waals surface area contributed by atoms with Crippen molar-refractivity contribution in [3.05, 3.63) is 50.0 Å². The summed E-state index contributed by atoms with van der Waals surface area (Å²) in [6.07, 6.45) is 3.40. The second kappa shape index (κ2) is 13.5. The van der Waals surface area contributed by atoms with E-state index in [1.54, 1.807) is 14.1 Å². The van der Waals surface area contributed by atoms with E-state index in [1.807, 2.05) is 4.90 Å². The van der Waals surface area contributed by atoms with Crippen molar-refractivity contribution in [1.29, 1.82) is 0 Å². The number of fused-ring (bicyclic) bond motifs is 2. The minimum atomic E-state index is -0.901. The zero-order valence-corrected chi connectivity index (χ0v) is 29.3. The van der Waals surface area contributed by atoms with Gasteiger partial charge in [0.2, 0.25) is 0 Å². The van der Waals surface area contributed by atoms with Gasteiger partial charge in [0.1, 0.15) is 24.3 Å². The van der Waals surface area contributed by atoms with Crippen molar-refractivity contribution in [3.63, 3.8) is 0 Å². The maximum absolute atomic E-state index is 15.8. The molecule has 1 aromatic carbocycles. The van der Waals surface area contributed by atoms with Crippen molar-refractivity contribution < 1.29 is 23.0 Å². The Labute approximate surface area is 294 Å². The maximum atomic E-state index is 15.8. The highest BCUT2D eigenvalue weighted by Crippen LogP contribution is 2.50. The largest absolute Gasteiger partial charge is 0.461 e. The van der Waals surface area contributed by atoms with E-state index in [0.29, 0.717) is 60.3 Å². The van der Waals surface area contributed by atoms with E-state index in [2.05, 4.69) is 9.89 Å². The molecule has 264 valence electrons. The van der Waals surface area contributed by atoms with Gasteiger partial charge >= 0.3 is 6.01 Å². The number of rotatable bonds is 8. The Morgan fingerprint density at radius 3 is 2.78 bits per heavy atom. The van der Waals surface area contributed by atoms with Gasteiger partial charge in [0.05, 0.1) is 46.9 Å². The molecule has 0 radical (unpaired) electrons. The number of aromatic nitrogens is 2. The molecule has 2 saturated heterocycles. The van der Waals surface area contributed by atoms with Gasteiger partial charge < -0.3 is 30.7 Å².